The van der Waals surface area contributed by atoms with Crippen LogP contribution in [-0.4, -0.2) is 27.4 Å². The van der Waals surface area contributed by atoms with Crippen LogP contribution in [0.5, 0.6) is 0 Å². The first-order chi connectivity index (χ1) is 20.8. The second kappa shape index (κ2) is 24.4. The fourth-order valence-corrected chi connectivity index (χ4v) is 4.00. The smallest absolute Gasteiger partial charge is 0.550 e. The number of rotatable bonds is 8. The van der Waals surface area contributed by atoms with Crippen molar-refractivity contribution in [3.63, 3.8) is 0 Å². The van der Waals surface area contributed by atoms with E-state index in [2.05, 4.69) is 37.7 Å². The predicted octanol–water partition coefficient (Wildman–Crippen LogP) is 5.43. The Morgan fingerprint density at radius 2 is 0.891 bits per heavy atom. The van der Waals surface area contributed by atoms with E-state index in [0.29, 0.717) is 11.8 Å². The Kier molecular flexibility index (Phi) is 23.5. The summed E-state index contributed by atoms with van der Waals surface area (Å²) >= 11 is 0. The summed E-state index contributed by atoms with van der Waals surface area (Å²) in [7, 11) is 0. The number of hydrogen-bond acceptors (Lipinski definition) is 6. The molecule has 4 aromatic rings. The van der Waals surface area contributed by atoms with Crippen molar-refractivity contribution in [3.05, 3.63) is 131 Å². The molecule has 46 heavy (non-hydrogen) atoms. The van der Waals surface area contributed by atoms with Crippen LogP contribution in [0, 0.1) is 25.7 Å². The average Bonchev–Trinajstić information content (AvgIpc) is 2.98. The molecule has 1 radical (unpaired) electrons. The molecule has 0 saturated carbocycles. The van der Waals surface area contributed by atoms with E-state index in [4.69, 9.17) is 0 Å². The topological polar surface area (TPSA) is 138 Å². The van der Waals surface area contributed by atoms with Gasteiger partial charge in [0.15, 0.2) is 0 Å². The molecule has 2 heterocycles. The Hall–Kier alpha value is -3.84. The number of aliphatic carboxylic acids is 2. The molecule has 2 atom stereocenters. The van der Waals surface area contributed by atoms with Gasteiger partial charge in [-0.3, -0.25) is 9.97 Å². The average molecular weight is 678 g/mol. The summed E-state index contributed by atoms with van der Waals surface area (Å²) in [5.41, 5.74) is 6.54. The number of carboxylic acids is 2. The fraction of sp³-hybridized carbons (Fsp3) is 0.368. The standard InChI is InChI=1S/2C13H18O2.2C6H7N.Cu.H2O/c2*1-9(2)8-11-4-6-12(7-5-11)10(3)13(14)15;2*1-6-3-2-4-7-5-6;;/h2*4-7,9-10H,8H2,1-3H3,(H,14,15);2*2-5H,1H3;;1H2/q;;;;+2;/p-2/t2*10-;;;;/m10..../s1. The zero-order valence-electron chi connectivity index (χ0n) is 28.3. The van der Waals surface area contributed by atoms with Gasteiger partial charge < -0.3 is 25.3 Å². The van der Waals surface area contributed by atoms with Gasteiger partial charge in [0.05, 0.1) is 0 Å². The minimum absolute atomic E-state index is 0. The minimum Gasteiger partial charge on any atom is -0.550 e. The third-order valence-electron chi connectivity index (χ3n) is 6.57. The van der Waals surface area contributed by atoms with Crippen molar-refractivity contribution in [1.29, 1.82) is 0 Å². The van der Waals surface area contributed by atoms with Gasteiger partial charge in [-0.05, 0) is 84.0 Å². The predicted molar refractivity (Wildman–Crippen MR) is 178 cm³/mol. The summed E-state index contributed by atoms with van der Waals surface area (Å²) in [5, 5.41) is 21.3. The first-order valence-corrected chi connectivity index (χ1v) is 15.1. The number of carbonyl (C=O) groups is 2. The van der Waals surface area contributed by atoms with Crippen molar-refractivity contribution < 1.29 is 42.3 Å². The first-order valence-electron chi connectivity index (χ1n) is 15.1. The monoisotopic (exact) mass is 677 g/mol. The summed E-state index contributed by atoms with van der Waals surface area (Å²) in [4.78, 5) is 29.1. The third kappa shape index (κ3) is 19.5. The maximum atomic E-state index is 10.7. The van der Waals surface area contributed by atoms with Crippen LogP contribution in [-0.2, 0) is 39.5 Å². The number of pyridine rings is 2. The van der Waals surface area contributed by atoms with Gasteiger partial charge in [-0.1, -0.05) is 102 Å². The molecule has 253 valence electrons. The molecule has 4 rings (SSSR count). The number of aromatic nitrogens is 2. The maximum absolute atomic E-state index is 10.7. The molecule has 0 spiro atoms. The number of carbonyl (C=O) groups excluding carboxylic acids is 2. The van der Waals surface area contributed by atoms with E-state index < -0.39 is 23.8 Å². The van der Waals surface area contributed by atoms with E-state index in [-0.39, 0.29) is 22.5 Å². The normalized spacial score (nSPS) is 11.0. The molecule has 0 aliphatic heterocycles. The Morgan fingerprint density at radius 3 is 1.07 bits per heavy atom. The summed E-state index contributed by atoms with van der Waals surface area (Å²) in [6.45, 7) is 16.0. The molecule has 0 bridgehead atoms. The van der Waals surface area contributed by atoms with E-state index in [1.165, 1.54) is 22.3 Å². The van der Waals surface area contributed by atoms with Crippen molar-refractivity contribution in [1.82, 2.24) is 9.97 Å². The van der Waals surface area contributed by atoms with Gasteiger partial charge in [-0.25, -0.2) is 0 Å². The second-order valence-corrected chi connectivity index (χ2v) is 11.8. The molecule has 0 amide bonds. The van der Waals surface area contributed by atoms with E-state index in [1.54, 1.807) is 26.2 Å². The Morgan fingerprint density at radius 1 is 0.587 bits per heavy atom. The SMILES string of the molecule is CC(C)Cc1ccc([C@@H](C)C(=O)[O-])cc1.CC(C)Cc1ccc([C@H](C)C(=O)[O-])cc1.Cc1cccnc1.Cc1cccnc1.O.[Cu+2]. The molecule has 0 saturated heterocycles. The summed E-state index contributed by atoms with van der Waals surface area (Å²) < 4.78 is 0. The summed E-state index contributed by atoms with van der Waals surface area (Å²) in [5.74, 6) is -1.86. The molecule has 8 heteroatoms. The van der Waals surface area contributed by atoms with Crippen molar-refractivity contribution in [2.24, 2.45) is 11.8 Å². The van der Waals surface area contributed by atoms with Crippen LogP contribution in [0.1, 0.15) is 86.8 Å². The van der Waals surface area contributed by atoms with Gasteiger partial charge in [0.2, 0.25) is 0 Å². The number of aryl methyl sites for hydroxylation is 2. The molecular formula is C38H50CuN2O5. The molecule has 7 nitrogen and oxygen atoms in total. The van der Waals surface area contributed by atoms with Crippen molar-refractivity contribution >= 4 is 11.9 Å². The van der Waals surface area contributed by atoms with Crippen LogP contribution < -0.4 is 10.2 Å². The van der Waals surface area contributed by atoms with Crippen LogP contribution in [0.25, 0.3) is 0 Å². The minimum atomic E-state index is -1.02. The fourth-order valence-electron chi connectivity index (χ4n) is 4.00. The molecular weight excluding hydrogens is 628 g/mol. The van der Waals surface area contributed by atoms with Crippen molar-refractivity contribution in [2.45, 2.75) is 80.1 Å². The molecule has 2 N–H and O–H groups in total. The number of carboxylic acid groups (broad SMARTS) is 2. The van der Waals surface area contributed by atoms with Crippen LogP contribution in [0.4, 0.5) is 0 Å². The number of nitrogens with zero attached hydrogens (tertiary/aromatic N) is 2. The van der Waals surface area contributed by atoms with Gasteiger partial charge >= 0.3 is 17.1 Å². The zero-order valence-corrected chi connectivity index (χ0v) is 29.2. The van der Waals surface area contributed by atoms with Crippen LogP contribution in [0.15, 0.2) is 97.6 Å². The molecule has 2 aromatic heterocycles. The molecule has 0 aliphatic carbocycles. The van der Waals surface area contributed by atoms with Crippen molar-refractivity contribution in [3.8, 4) is 0 Å². The van der Waals surface area contributed by atoms with Gasteiger partial charge in [0.25, 0.3) is 0 Å². The summed E-state index contributed by atoms with van der Waals surface area (Å²) in [6.07, 6.45) is 9.26. The van der Waals surface area contributed by atoms with Crippen LogP contribution in [0.3, 0.4) is 0 Å². The third-order valence-corrected chi connectivity index (χ3v) is 6.57. The largest absolute Gasteiger partial charge is 2.00 e. The van der Waals surface area contributed by atoms with Crippen molar-refractivity contribution in [2.75, 3.05) is 0 Å². The van der Waals surface area contributed by atoms with Gasteiger partial charge in [0, 0.05) is 48.6 Å². The first kappa shape index (κ1) is 44.3. The van der Waals surface area contributed by atoms with E-state index >= 15 is 0 Å². The van der Waals surface area contributed by atoms with Gasteiger partial charge in [-0.15, -0.1) is 0 Å². The summed E-state index contributed by atoms with van der Waals surface area (Å²) in [6, 6.07) is 23.4. The Balaban J connectivity index is 0. The number of hydrogen-bond donors (Lipinski definition) is 0. The molecule has 0 unspecified atom stereocenters. The molecule has 0 aliphatic rings. The van der Waals surface area contributed by atoms with E-state index in [0.717, 1.165) is 24.0 Å². The van der Waals surface area contributed by atoms with Gasteiger partial charge in [0.1, 0.15) is 0 Å². The van der Waals surface area contributed by atoms with E-state index in [1.807, 2.05) is 99.0 Å². The Bertz CT molecular complexity index is 1240. The maximum Gasteiger partial charge on any atom is 2.00 e. The quantitative estimate of drug-likeness (QED) is 0.228. The molecule has 0 fully saturated rings. The van der Waals surface area contributed by atoms with Gasteiger partial charge in [-0.2, -0.15) is 0 Å². The van der Waals surface area contributed by atoms with Crippen LogP contribution in [0.2, 0.25) is 0 Å². The Labute approximate surface area is 286 Å². The second-order valence-electron chi connectivity index (χ2n) is 11.8. The van der Waals surface area contributed by atoms with Crippen LogP contribution >= 0.6 is 0 Å². The molecule has 2 aromatic carbocycles. The zero-order chi connectivity index (χ0) is 33.1. The van der Waals surface area contributed by atoms with E-state index in [9.17, 15) is 19.8 Å². The number of benzene rings is 2.